The zero-order valence-electron chi connectivity index (χ0n) is 13.7. The van der Waals surface area contributed by atoms with Gasteiger partial charge in [-0.2, -0.15) is 5.10 Å². The Hall–Kier alpha value is -1.80. The van der Waals surface area contributed by atoms with Crippen LogP contribution >= 0.6 is 11.3 Å². The first-order valence-corrected chi connectivity index (χ1v) is 8.02. The molecule has 120 valence electrons. The molecule has 0 saturated heterocycles. The van der Waals surface area contributed by atoms with Gasteiger partial charge < -0.3 is 0 Å². The van der Waals surface area contributed by atoms with E-state index in [-0.39, 0.29) is 5.91 Å². The standard InChI is InChI=1S/C14H22N6OS/c1-6-13-16-17-14(22-13)15-12(21)8-19(4)7-11-9(2)18-20(5)10(11)3/h6-8H2,1-5H3,(H,15,17,21). The average Bonchev–Trinajstić information content (AvgIpc) is 2.99. The van der Waals surface area contributed by atoms with Crippen molar-refractivity contribution < 1.29 is 4.79 Å². The smallest absolute Gasteiger partial charge is 0.240 e. The van der Waals surface area contributed by atoms with Gasteiger partial charge in [0.05, 0.1) is 12.2 Å². The number of aromatic nitrogens is 4. The second-order valence-electron chi connectivity index (χ2n) is 5.35. The zero-order valence-corrected chi connectivity index (χ0v) is 14.5. The molecule has 0 aliphatic heterocycles. The lowest BCUT2D eigenvalue weighted by Crippen LogP contribution is -2.30. The SMILES string of the molecule is CCc1nnc(NC(=O)CN(C)Cc2c(C)nn(C)c2C)s1. The largest absolute Gasteiger partial charge is 0.299 e. The van der Waals surface area contributed by atoms with E-state index in [2.05, 4.69) is 20.6 Å². The summed E-state index contributed by atoms with van der Waals surface area (Å²) in [6.45, 7) is 7.03. The summed E-state index contributed by atoms with van der Waals surface area (Å²) < 4.78 is 1.87. The Bertz CT molecular complexity index is 662. The molecule has 2 heterocycles. The van der Waals surface area contributed by atoms with Gasteiger partial charge in [0.25, 0.3) is 0 Å². The molecule has 0 saturated carbocycles. The van der Waals surface area contributed by atoms with Crippen LogP contribution in [0.3, 0.4) is 0 Å². The molecular weight excluding hydrogens is 300 g/mol. The summed E-state index contributed by atoms with van der Waals surface area (Å²) in [5, 5.41) is 16.6. The molecule has 2 aromatic heterocycles. The van der Waals surface area contributed by atoms with Gasteiger partial charge in [-0.3, -0.25) is 19.7 Å². The second-order valence-corrected chi connectivity index (χ2v) is 6.41. The number of hydrogen-bond donors (Lipinski definition) is 1. The summed E-state index contributed by atoms with van der Waals surface area (Å²) in [5.74, 6) is -0.0829. The molecule has 2 rings (SSSR count). The molecule has 2 aromatic rings. The van der Waals surface area contributed by atoms with E-state index in [1.165, 1.54) is 16.9 Å². The predicted molar refractivity (Wildman–Crippen MR) is 86.9 cm³/mol. The van der Waals surface area contributed by atoms with E-state index < -0.39 is 0 Å². The number of carbonyl (C=O) groups is 1. The molecular formula is C14H22N6OS. The summed E-state index contributed by atoms with van der Waals surface area (Å²) in [7, 11) is 3.85. The average molecular weight is 322 g/mol. The van der Waals surface area contributed by atoms with Gasteiger partial charge in [0, 0.05) is 24.8 Å². The van der Waals surface area contributed by atoms with Gasteiger partial charge in [-0.25, -0.2) is 0 Å². The molecule has 0 unspecified atom stereocenters. The third-order valence-corrected chi connectivity index (χ3v) is 4.50. The van der Waals surface area contributed by atoms with Gasteiger partial charge in [0.15, 0.2) is 0 Å². The van der Waals surface area contributed by atoms with Gasteiger partial charge in [0.1, 0.15) is 5.01 Å². The molecule has 0 aliphatic carbocycles. The van der Waals surface area contributed by atoms with Crippen molar-refractivity contribution in [2.24, 2.45) is 7.05 Å². The number of likely N-dealkylation sites (N-methyl/N-ethyl adjacent to an activating group) is 1. The molecule has 1 N–H and O–H groups in total. The normalized spacial score (nSPS) is 11.2. The fraction of sp³-hybridized carbons (Fsp3) is 0.571. The molecule has 8 heteroatoms. The van der Waals surface area contributed by atoms with Crippen molar-refractivity contribution in [3.8, 4) is 0 Å². The highest BCUT2D eigenvalue weighted by molar-refractivity contribution is 7.15. The van der Waals surface area contributed by atoms with Gasteiger partial charge in [-0.1, -0.05) is 18.3 Å². The van der Waals surface area contributed by atoms with Crippen LogP contribution in [0, 0.1) is 13.8 Å². The number of carbonyl (C=O) groups excluding carboxylic acids is 1. The Kier molecular flexibility index (Phi) is 5.25. The molecule has 7 nitrogen and oxygen atoms in total. The second kappa shape index (κ2) is 6.97. The fourth-order valence-corrected chi connectivity index (χ4v) is 2.92. The lowest BCUT2D eigenvalue weighted by molar-refractivity contribution is -0.117. The molecule has 1 amide bonds. The maximum atomic E-state index is 12.1. The third kappa shape index (κ3) is 3.89. The molecule has 22 heavy (non-hydrogen) atoms. The van der Waals surface area contributed by atoms with Gasteiger partial charge >= 0.3 is 0 Å². The summed E-state index contributed by atoms with van der Waals surface area (Å²) in [6.07, 6.45) is 0.826. The van der Waals surface area contributed by atoms with E-state index in [9.17, 15) is 4.79 Å². The van der Waals surface area contributed by atoms with Crippen LogP contribution in [0.2, 0.25) is 0 Å². The third-order valence-electron chi connectivity index (χ3n) is 3.52. The molecule has 0 aliphatic rings. The summed E-state index contributed by atoms with van der Waals surface area (Å²) in [4.78, 5) is 14.0. The maximum Gasteiger partial charge on any atom is 0.240 e. The van der Waals surface area contributed by atoms with Crippen LogP contribution in [0.4, 0.5) is 5.13 Å². The van der Waals surface area contributed by atoms with Crippen LogP contribution in [0.1, 0.15) is 28.9 Å². The minimum Gasteiger partial charge on any atom is -0.299 e. The molecule has 0 spiro atoms. The number of anilines is 1. The number of hydrogen-bond acceptors (Lipinski definition) is 6. The quantitative estimate of drug-likeness (QED) is 0.872. The van der Waals surface area contributed by atoms with Crippen LogP contribution in [0.15, 0.2) is 0 Å². The van der Waals surface area contributed by atoms with Gasteiger partial charge in [-0.05, 0) is 27.3 Å². The Labute approximate surface area is 134 Å². The highest BCUT2D eigenvalue weighted by Crippen LogP contribution is 2.16. The van der Waals surface area contributed by atoms with Crippen molar-refractivity contribution in [3.63, 3.8) is 0 Å². The Balaban J connectivity index is 1.91. The Morgan fingerprint density at radius 3 is 2.64 bits per heavy atom. The number of amides is 1. The van der Waals surface area contributed by atoms with Crippen molar-refractivity contribution in [3.05, 3.63) is 22.0 Å². The first-order chi connectivity index (χ1) is 10.4. The molecule has 0 atom stereocenters. The highest BCUT2D eigenvalue weighted by Gasteiger charge is 2.14. The first kappa shape index (κ1) is 16.6. The summed E-state index contributed by atoms with van der Waals surface area (Å²) >= 11 is 1.41. The van der Waals surface area contributed by atoms with Crippen LogP contribution < -0.4 is 5.32 Å². The van der Waals surface area contributed by atoms with Crippen molar-refractivity contribution in [2.75, 3.05) is 18.9 Å². The van der Waals surface area contributed by atoms with Crippen LogP contribution in [0.25, 0.3) is 0 Å². The number of aryl methyl sites for hydroxylation is 3. The van der Waals surface area contributed by atoms with Gasteiger partial charge in [0.2, 0.25) is 11.0 Å². The Morgan fingerprint density at radius 1 is 1.36 bits per heavy atom. The lowest BCUT2D eigenvalue weighted by Gasteiger charge is -2.16. The highest BCUT2D eigenvalue weighted by atomic mass is 32.1. The van der Waals surface area contributed by atoms with Crippen molar-refractivity contribution in [1.82, 2.24) is 24.9 Å². The van der Waals surface area contributed by atoms with E-state index in [0.29, 0.717) is 18.2 Å². The van der Waals surface area contributed by atoms with E-state index in [1.807, 2.05) is 44.4 Å². The summed E-state index contributed by atoms with van der Waals surface area (Å²) in [5.41, 5.74) is 3.30. The van der Waals surface area contributed by atoms with E-state index >= 15 is 0 Å². The minimum atomic E-state index is -0.0829. The van der Waals surface area contributed by atoms with E-state index in [4.69, 9.17) is 0 Å². The molecule has 0 radical (unpaired) electrons. The van der Waals surface area contributed by atoms with Crippen molar-refractivity contribution in [1.29, 1.82) is 0 Å². The maximum absolute atomic E-state index is 12.1. The summed E-state index contributed by atoms with van der Waals surface area (Å²) in [6, 6.07) is 0. The number of rotatable bonds is 6. The Morgan fingerprint density at radius 2 is 2.09 bits per heavy atom. The number of nitrogens with zero attached hydrogens (tertiary/aromatic N) is 5. The van der Waals surface area contributed by atoms with Crippen LogP contribution in [-0.2, 0) is 24.8 Å². The molecule has 0 bridgehead atoms. The van der Waals surface area contributed by atoms with E-state index in [0.717, 1.165) is 22.8 Å². The van der Waals surface area contributed by atoms with Crippen molar-refractivity contribution in [2.45, 2.75) is 33.7 Å². The predicted octanol–water partition coefficient (Wildman–Crippen LogP) is 1.52. The topological polar surface area (TPSA) is 75.9 Å². The minimum absolute atomic E-state index is 0.0829. The van der Waals surface area contributed by atoms with E-state index in [1.54, 1.807) is 0 Å². The zero-order chi connectivity index (χ0) is 16.3. The molecule has 0 aromatic carbocycles. The molecule has 0 fully saturated rings. The number of nitrogens with one attached hydrogen (secondary N) is 1. The lowest BCUT2D eigenvalue weighted by atomic mass is 10.2. The van der Waals surface area contributed by atoms with Crippen LogP contribution in [-0.4, -0.2) is 44.4 Å². The van der Waals surface area contributed by atoms with Crippen molar-refractivity contribution >= 4 is 22.4 Å². The van der Waals surface area contributed by atoms with Crippen LogP contribution in [0.5, 0.6) is 0 Å². The monoisotopic (exact) mass is 322 g/mol. The fourth-order valence-electron chi connectivity index (χ4n) is 2.22. The van der Waals surface area contributed by atoms with Gasteiger partial charge in [-0.15, -0.1) is 10.2 Å². The first-order valence-electron chi connectivity index (χ1n) is 7.20.